The van der Waals surface area contributed by atoms with E-state index < -0.39 is 6.10 Å². The molecule has 0 amide bonds. The number of aliphatic hydroxyl groups is 1. The van der Waals surface area contributed by atoms with Gasteiger partial charge in [0.1, 0.15) is 0 Å². The number of alkyl halides is 1. The summed E-state index contributed by atoms with van der Waals surface area (Å²) < 4.78 is 10.4. The fourth-order valence-corrected chi connectivity index (χ4v) is 0.819. The van der Waals surface area contributed by atoms with Gasteiger partial charge in [0.25, 0.3) is 0 Å². The zero-order chi connectivity index (χ0) is 9.94. The molecule has 13 heavy (non-hydrogen) atoms. The lowest BCUT2D eigenvalue weighted by Crippen LogP contribution is -2.18. The molecule has 0 saturated heterocycles. The van der Waals surface area contributed by atoms with Crippen molar-refractivity contribution in [2.75, 3.05) is 32.3 Å². The zero-order valence-electron chi connectivity index (χ0n) is 8.17. The first kappa shape index (κ1) is 13.2. The molecule has 4 heteroatoms. The highest BCUT2D eigenvalue weighted by Gasteiger charge is 2.00. The van der Waals surface area contributed by atoms with Gasteiger partial charge in [-0.1, -0.05) is 13.3 Å². The van der Waals surface area contributed by atoms with Gasteiger partial charge in [0.15, 0.2) is 0 Å². The van der Waals surface area contributed by atoms with E-state index >= 15 is 0 Å². The Balaban J connectivity index is 2.91. The standard InChI is InChI=1S/C9H19ClO3/c1-2-3-4-12-5-6-13-8-9(11)7-10/h9,11H,2-8H2,1H3/t9-/m1/s1. The van der Waals surface area contributed by atoms with E-state index in [1.165, 1.54) is 0 Å². The van der Waals surface area contributed by atoms with Gasteiger partial charge in [-0.05, 0) is 6.42 Å². The number of ether oxygens (including phenoxy) is 2. The summed E-state index contributed by atoms with van der Waals surface area (Å²) in [6.45, 7) is 4.32. The summed E-state index contributed by atoms with van der Waals surface area (Å²) in [7, 11) is 0. The second-order valence-corrected chi connectivity index (χ2v) is 3.16. The van der Waals surface area contributed by atoms with Crippen molar-refractivity contribution in [3.8, 4) is 0 Å². The molecule has 0 saturated carbocycles. The molecule has 1 atom stereocenters. The third kappa shape index (κ3) is 10.1. The minimum absolute atomic E-state index is 0.219. The maximum Gasteiger partial charge on any atom is 0.0908 e. The Morgan fingerprint density at radius 2 is 1.92 bits per heavy atom. The van der Waals surface area contributed by atoms with Gasteiger partial charge < -0.3 is 14.6 Å². The van der Waals surface area contributed by atoms with E-state index in [-0.39, 0.29) is 5.88 Å². The number of halogens is 1. The molecule has 0 radical (unpaired) electrons. The van der Waals surface area contributed by atoms with E-state index in [4.69, 9.17) is 26.2 Å². The summed E-state index contributed by atoms with van der Waals surface area (Å²) in [4.78, 5) is 0. The Bertz CT molecular complexity index is 101. The van der Waals surface area contributed by atoms with Crippen LogP contribution in [0.25, 0.3) is 0 Å². The summed E-state index contributed by atoms with van der Waals surface area (Å²) in [5.74, 6) is 0.219. The molecule has 0 unspecified atom stereocenters. The fourth-order valence-electron chi connectivity index (χ4n) is 0.730. The first-order chi connectivity index (χ1) is 6.31. The molecule has 0 bridgehead atoms. The van der Waals surface area contributed by atoms with Crippen LogP contribution in [0.4, 0.5) is 0 Å². The highest BCUT2D eigenvalue weighted by molar-refractivity contribution is 6.18. The summed E-state index contributed by atoms with van der Waals surface area (Å²) in [6, 6.07) is 0. The van der Waals surface area contributed by atoms with E-state index in [0.29, 0.717) is 19.8 Å². The van der Waals surface area contributed by atoms with Gasteiger partial charge in [-0.15, -0.1) is 11.6 Å². The third-order valence-corrected chi connectivity index (χ3v) is 1.86. The first-order valence-corrected chi connectivity index (χ1v) is 5.24. The smallest absolute Gasteiger partial charge is 0.0908 e. The lowest BCUT2D eigenvalue weighted by atomic mass is 10.4. The summed E-state index contributed by atoms with van der Waals surface area (Å²) >= 11 is 5.37. The van der Waals surface area contributed by atoms with Crippen molar-refractivity contribution >= 4 is 11.6 Å². The van der Waals surface area contributed by atoms with Crippen molar-refractivity contribution in [2.45, 2.75) is 25.9 Å². The Kier molecular flexibility index (Phi) is 10.4. The molecule has 0 fully saturated rings. The number of hydrogen-bond donors (Lipinski definition) is 1. The fraction of sp³-hybridized carbons (Fsp3) is 1.00. The average Bonchev–Trinajstić information content (AvgIpc) is 2.16. The van der Waals surface area contributed by atoms with Gasteiger partial charge in [-0.25, -0.2) is 0 Å². The van der Waals surface area contributed by atoms with Crippen molar-refractivity contribution in [1.82, 2.24) is 0 Å². The summed E-state index contributed by atoms with van der Waals surface area (Å²) in [5, 5.41) is 9.00. The van der Waals surface area contributed by atoms with Crippen LogP contribution in [0, 0.1) is 0 Å². The number of rotatable bonds is 9. The molecule has 0 aliphatic carbocycles. The topological polar surface area (TPSA) is 38.7 Å². The minimum atomic E-state index is -0.558. The van der Waals surface area contributed by atoms with Gasteiger partial charge >= 0.3 is 0 Å². The van der Waals surface area contributed by atoms with Gasteiger partial charge in [-0.2, -0.15) is 0 Å². The van der Waals surface area contributed by atoms with Crippen molar-refractivity contribution in [2.24, 2.45) is 0 Å². The van der Waals surface area contributed by atoms with Crippen molar-refractivity contribution in [3.63, 3.8) is 0 Å². The van der Waals surface area contributed by atoms with Gasteiger partial charge in [0.05, 0.1) is 31.8 Å². The number of hydrogen-bond acceptors (Lipinski definition) is 3. The second-order valence-electron chi connectivity index (χ2n) is 2.85. The quantitative estimate of drug-likeness (QED) is 0.462. The second kappa shape index (κ2) is 10.3. The van der Waals surface area contributed by atoms with Crippen LogP contribution in [0.3, 0.4) is 0 Å². The van der Waals surface area contributed by atoms with Crippen LogP contribution >= 0.6 is 11.6 Å². The van der Waals surface area contributed by atoms with E-state index in [1.54, 1.807) is 0 Å². The SMILES string of the molecule is CCCCOCCOC[C@H](O)CCl. The van der Waals surface area contributed by atoms with Gasteiger partial charge in [-0.3, -0.25) is 0 Å². The largest absolute Gasteiger partial charge is 0.389 e. The van der Waals surface area contributed by atoms with Gasteiger partial charge in [0.2, 0.25) is 0 Å². The van der Waals surface area contributed by atoms with E-state index in [9.17, 15) is 0 Å². The Morgan fingerprint density at radius 3 is 2.54 bits per heavy atom. The Morgan fingerprint density at radius 1 is 1.23 bits per heavy atom. The first-order valence-electron chi connectivity index (χ1n) is 4.70. The van der Waals surface area contributed by atoms with E-state index in [0.717, 1.165) is 19.4 Å². The van der Waals surface area contributed by atoms with Crippen molar-refractivity contribution in [3.05, 3.63) is 0 Å². The Labute approximate surface area is 85.0 Å². The van der Waals surface area contributed by atoms with Crippen LogP contribution in [0.1, 0.15) is 19.8 Å². The monoisotopic (exact) mass is 210 g/mol. The zero-order valence-corrected chi connectivity index (χ0v) is 8.92. The van der Waals surface area contributed by atoms with Crippen LogP contribution in [-0.2, 0) is 9.47 Å². The van der Waals surface area contributed by atoms with Crippen LogP contribution in [0.15, 0.2) is 0 Å². The number of unbranched alkanes of at least 4 members (excludes halogenated alkanes) is 1. The number of aliphatic hydroxyl groups excluding tert-OH is 1. The maximum absolute atomic E-state index is 9.00. The molecular weight excluding hydrogens is 192 g/mol. The van der Waals surface area contributed by atoms with Crippen LogP contribution < -0.4 is 0 Å². The molecule has 80 valence electrons. The van der Waals surface area contributed by atoms with Crippen LogP contribution in [0.5, 0.6) is 0 Å². The summed E-state index contributed by atoms with van der Waals surface area (Å²) in [5.41, 5.74) is 0. The highest BCUT2D eigenvalue weighted by Crippen LogP contribution is 1.90. The molecule has 0 aliphatic heterocycles. The van der Waals surface area contributed by atoms with Crippen molar-refractivity contribution in [1.29, 1.82) is 0 Å². The lowest BCUT2D eigenvalue weighted by molar-refractivity contribution is 0.0101. The molecule has 0 aromatic heterocycles. The lowest BCUT2D eigenvalue weighted by Gasteiger charge is -2.08. The van der Waals surface area contributed by atoms with Crippen LogP contribution in [0.2, 0.25) is 0 Å². The molecule has 0 heterocycles. The normalized spacial score (nSPS) is 13.2. The molecule has 0 aliphatic rings. The molecule has 0 rings (SSSR count). The molecule has 0 aromatic rings. The Hall–Kier alpha value is 0.170. The highest BCUT2D eigenvalue weighted by atomic mass is 35.5. The molecule has 1 N–H and O–H groups in total. The average molecular weight is 211 g/mol. The predicted octanol–water partition coefficient (Wildman–Crippen LogP) is 1.42. The van der Waals surface area contributed by atoms with E-state index in [2.05, 4.69) is 6.92 Å². The summed E-state index contributed by atoms with van der Waals surface area (Å²) in [6.07, 6.45) is 1.67. The minimum Gasteiger partial charge on any atom is -0.389 e. The molecule has 0 aromatic carbocycles. The third-order valence-electron chi connectivity index (χ3n) is 1.50. The predicted molar refractivity (Wildman–Crippen MR) is 53.3 cm³/mol. The van der Waals surface area contributed by atoms with Crippen LogP contribution in [-0.4, -0.2) is 43.5 Å². The van der Waals surface area contributed by atoms with E-state index in [1.807, 2.05) is 0 Å². The molecule has 3 nitrogen and oxygen atoms in total. The van der Waals surface area contributed by atoms with Crippen molar-refractivity contribution < 1.29 is 14.6 Å². The molecular formula is C9H19ClO3. The molecule has 0 spiro atoms. The maximum atomic E-state index is 9.00. The van der Waals surface area contributed by atoms with Gasteiger partial charge in [0, 0.05) is 6.61 Å².